The Morgan fingerprint density at radius 3 is 3.11 bits per heavy atom. The molecule has 1 aliphatic rings. The standard InChI is InChI=1S/C13H17N5/c1-18(11-4-5-11)13(14)16-8-10-3-2-9-6-7-15-12(9)17-10/h2-3,6-7,11H,4-5,8H2,1H3,(H2,14,16)(H,15,17). The molecule has 1 fully saturated rings. The molecule has 2 aromatic heterocycles. The van der Waals surface area contributed by atoms with Crippen LogP contribution in [-0.4, -0.2) is 33.9 Å². The van der Waals surface area contributed by atoms with E-state index < -0.39 is 0 Å². The molecule has 2 aromatic rings. The molecule has 0 spiro atoms. The van der Waals surface area contributed by atoms with Crippen LogP contribution in [0.2, 0.25) is 0 Å². The number of aromatic nitrogens is 2. The van der Waals surface area contributed by atoms with Gasteiger partial charge in [0.15, 0.2) is 5.96 Å². The highest BCUT2D eigenvalue weighted by Crippen LogP contribution is 2.24. The van der Waals surface area contributed by atoms with Gasteiger partial charge in [0, 0.05) is 24.7 Å². The number of H-pyrrole nitrogens is 1. The van der Waals surface area contributed by atoms with Crippen LogP contribution in [0.25, 0.3) is 11.0 Å². The maximum absolute atomic E-state index is 5.94. The van der Waals surface area contributed by atoms with Crippen LogP contribution in [0.3, 0.4) is 0 Å². The first-order chi connectivity index (χ1) is 8.74. The van der Waals surface area contributed by atoms with Gasteiger partial charge in [0.25, 0.3) is 0 Å². The Morgan fingerprint density at radius 2 is 2.33 bits per heavy atom. The van der Waals surface area contributed by atoms with Gasteiger partial charge in [-0.2, -0.15) is 0 Å². The van der Waals surface area contributed by atoms with Gasteiger partial charge in [0.2, 0.25) is 0 Å². The number of nitrogens with two attached hydrogens (primary N) is 1. The average molecular weight is 243 g/mol. The second-order valence-corrected chi connectivity index (χ2v) is 4.73. The third kappa shape index (κ3) is 2.16. The first-order valence-corrected chi connectivity index (χ1v) is 6.20. The van der Waals surface area contributed by atoms with Crippen molar-refractivity contribution in [1.82, 2.24) is 14.9 Å². The first-order valence-electron chi connectivity index (χ1n) is 6.20. The van der Waals surface area contributed by atoms with Gasteiger partial charge in [0.1, 0.15) is 5.65 Å². The molecular weight excluding hydrogens is 226 g/mol. The highest BCUT2D eigenvalue weighted by molar-refractivity contribution is 5.78. The van der Waals surface area contributed by atoms with Crippen LogP contribution >= 0.6 is 0 Å². The number of rotatable bonds is 3. The zero-order valence-electron chi connectivity index (χ0n) is 10.4. The maximum atomic E-state index is 5.94. The first kappa shape index (κ1) is 11.1. The van der Waals surface area contributed by atoms with Crippen LogP contribution in [0.4, 0.5) is 0 Å². The summed E-state index contributed by atoms with van der Waals surface area (Å²) in [5, 5.41) is 1.12. The van der Waals surface area contributed by atoms with Gasteiger partial charge < -0.3 is 15.6 Å². The van der Waals surface area contributed by atoms with Gasteiger partial charge in [-0.05, 0) is 31.0 Å². The second kappa shape index (κ2) is 4.33. The molecule has 0 saturated heterocycles. The van der Waals surface area contributed by atoms with Gasteiger partial charge in [-0.3, -0.25) is 0 Å². The van der Waals surface area contributed by atoms with E-state index in [4.69, 9.17) is 5.73 Å². The number of hydrogen-bond donors (Lipinski definition) is 2. The molecule has 3 rings (SSSR count). The Labute approximate surface area is 106 Å². The van der Waals surface area contributed by atoms with Crippen LogP contribution in [0.15, 0.2) is 29.4 Å². The molecule has 5 heteroatoms. The molecule has 3 N–H and O–H groups in total. The van der Waals surface area contributed by atoms with Gasteiger partial charge in [-0.15, -0.1) is 0 Å². The van der Waals surface area contributed by atoms with Crippen molar-refractivity contribution in [1.29, 1.82) is 0 Å². The molecule has 0 amide bonds. The SMILES string of the molecule is CN(C(N)=NCc1ccc2cc[nH]c2n1)C1CC1. The third-order valence-corrected chi connectivity index (χ3v) is 3.33. The van der Waals surface area contributed by atoms with E-state index in [-0.39, 0.29) is 0 Å². The number of nitrogens with zero attached hydrogens (tertiary/aromatic N) is 3. The topological polar surface area (TPSA) is 70.3 Å². The van der Waals surface area contributed by atoms with Crippen molar-refractivity contribution in [3.63, 3.8) is 0 Å². The molecule has 0 bridgehead atoms. The number of pyridine rings is 1. The van der Waals surface area contributed by atoms with E-state index in [1.165, 1.54) is 12.8 Å². The number of guanidine groups is 1. The van der Waals surface area contributed by atoms with Gasteiger partial charge in [0.05, 0.1) is 12.2 Å². The van der Waals surface area contributed by atoms with Crippen molar-refractivity contribution in [2.75, 3.05) is 7.05 Å². The molecule has 5 nitrogen and oxygen atoms in total. The predicted molar refractivity (Wildman–Crippen MR) is 72.2 cm³/mol. The highest BCUT2D eigenvalue weighted by Gasteiger charge is 2.27. The van der Waals surface area contributed by atoms with Crippen LogP contribution in [0.5, 0.6) is 0 Å². The number of fused-ring (bicyclic) bond motifs is 1. The molecule has 18 heavy (non-hydrogen) atoms. The quantitative estimate of drug-likeness (QED) is 0.633. The number of aromatic amines is 1. The van der Waals surface area contributed by atoms with E-state index in [0.29, 0.717) is 18.5 Å². The summed E-state index contributed by atoms with van der Waals surface area (Å²) < 4.78 is 0. The molecule has 0 aliphatic heterocycles. The zero-order valence-corrected chi connectivity index (χ0v) is 10.4. The van der Waals surface area contributed by atoms with Gasteiger partial charge in [-0.1, -0.05) is 0 Å². The fraction of sp³-hybridized carbons (Fsp3) is 0.385. The summed E-state index contributed by atoms with van der Waals surface area (Å²) >= 11 is 0. The molecule has 0 aromatic carbocycles. The molecule has 94 valence electrons. The Hall–Kier alpha value is -2.04. The lowest BCUT2D eigenvalue weighted by Crippen LogP contribution is -2.35. The molecule has 1 saturated carbocycles. The molecule has 0 unspecified atom stereocenters. The molecule has 0 radical (unpaired) electrons. The fourth-order valence-electron chi connectivity index (χ4n) is 1.98. The van der Waals surface area contributed by atoms with Crippen molar-refractivity contribution in [2.45, 2.75) is 25.4 Å². The number of aliphatic imine (C=N–C) groups is 1. The molecular formula is C13H17N5. The molecule has 2 heterocycles. The minimum Gasteiger partial charge on any atom is -0.370 e. The maximum Gasteiger partial charge on any atom is 0.191 e. The van der Waals surface area contributed by atoms with E-state index in [2.05, 4.69) is 15.0 Å². The van der Waals surface area contributed by atoms with Crippen molar-refractivity contribution in [3.8, 4) is 0 Å². The average Bonchev–Trinajstić information content (AvgIpc) is 3.13. The lowest BCUT2D eigenvalue weighted by Gasteiger charge is -2.16. The largest absolute Gasteiger partial charge is 0.370 e. The number of hydrogen-bond acceptors (Lipinski definition) is 2. The predicted octanol–water partition coefficient (Wildman–Crippen LogP) is 1.47. The van der Waals surface area contributed by atoms with Crippen LogP contribution in [-0.2, 0) is 6.54 Å². The Balaban J connectivity index is 1.73. The van der Waals surface area contributed by atoms with Crippen molar-refractivity contribution in [3.05, 3.63) is 30.1 Å². The third-order valence-electron chi connectivity index (χ3n) is 3.33. The lowest BCUT2D eigenvalue weighted by molar-refractivity contribution is 0.487. The minimum absolute atomic E-state index is 0.526. The summed E-state index contributed by atoms with van der Waals surface area (Å²) in [5.74, 6) is 0.603. The van der Waals surface area contributed by atoms with Gasteiger partial charge >= 0.3 is 0 Å². The minimum atomic E-state index is 0.526. The Bertz CT molecular complexity index is 582. The van der Waals surface area contributed by atoms with Crippen molar-refractivity contribution >= 4 is 17.0 Å². The Morgan fingerprint density at radius 1 is 1.50 bits per heavy atom. The van der Waals surface area contributed by atoms with Crippen LogP contribution < -0.4 is 5.73 Å². The van der Waals surface area contributed by atoms with Crippen LogP contribution in [0.1, 0.15) is 18.5 Å². The highest BCUT2D eigenvalue weighted by atomic mass is 15.3. The van der Waals surface area contributed by atoms with Crippen molar-refractivity contribution < 1.29 is 0 Å². The van der Waals surface area contributed by atoms with E-state index >= 15 is 0 Å². The monoisotopic (exact) mass is 243 g/mol. The molecule has 1 aliphatic carbocycles. The second-order valence-electron chi connectivity index (χ2n) is 4.73. The lowest BCUT2D eigenvalue weighted by atomic mass is 10.3. The van der Waals surface area contributed by atoms with E-state index in [9.17, 15) is 0 Å². The van der Waals surface area contributed by atoms with Crippen molar-refractivity contribution in [2.24, 2.45) is 10.7 Å². The van der Waals surface area contributed by atoms with E-state index in [1.807, 2.05) is 36.3 Å². The normalized spacial score (nSPS) is 16.2. The summed E-state index contributed by atoms with van der Waals surface area (Å²) in [7, 11) is 2.00. The fourth-order valence-corrected chi connectivity index (χ4v) is 1.98. The smallest absolute Gasteiger partial charge is 0.191 e. The Kier molecular flexibility index (Phi) is 2.66. The van der Waals surface area contributed by atoms with Gasteiger partial charge in [-0.25, -0.2) is 9.98 Å². The molecule has 0 atom stereocenters. The number of nitrogens with one attached hydrogen (secondary N) is 1. The summed E-state index contributed by atoms with van der Waals surface area (Å²) in [6.45, 7) is 0.526. The summed E-state index contributed by atoms with van der Waals surface area (Å²) in [6.07, 6.45) is 4.33. The summed E-state index contributed by atoms with van der Waals surface area (Å²) in [4.78, 5) is 14.0. The zero-order chi connectivity index (χ0) is 12.5. The van der Waals surface area contributed by atoms with Crippen LogP contribution in [0, 0.1) is 0 Å². The van der Waals surface area contributed by atoms with E-state index in [0.717, 1.165) is 16.7 Å². The van der Waals surface area contributed by atoms with E-state index in [1.54, 1.807) is 0 Å². The summed E-state index contributed by atoms with van der Waals surface area (Å²) in [5.41, 5.74) is 7.77. The summed E-state index contributed by atoms with van der Waals surface area (Å²) in [6, 6.07) is 6.63.